The third-order valence-electron chi connectivity index (χ3n) is 4.92. The van der Waals surface area contributed by atoms with Crippen molar-refractivity contribution in [3.63, 3.8) is 0 Å². The Bertz CT molecular complexity index is 970. The molecule has 6 nitrogen and oxygen atoms in total. The quantitative estimate of drug-likeness (QED) is 0.554. The monoisotopic (exact) mass is 360 g/mol. The molecule has 0 saturated carbocycles. The number of aromatic nitrogens is 1. The molecule has 136 valence electrons. The molecule has 6 heteroatoms. The second kappa shape index (κ2) is 7.55. The topological polar surface area (TPSA) is 94.0 Å². The van der Waals surface area contributed by atoms with Gasteiger partial charge in [-0.3, -0.25) is 9.78 Å². The van der Waals surface area contributed by atoms with Gasteiger partial charge < -0.3 is 11.1 Å². The molecule has 0 fully saturated rings. The van der Waals surface area contributed by atoms with Crippen LogP contribution in [0.2, 0.25) is 0 Å². The third kappa shape index (κ3) is 3.66. The van der Waals surface area contributed by atoms with Gasteiger partial charge in [-0.05, 0) is 17.8 Å². The number of para-hydroxylation sites is 1. The summed E-state index contributed by atoms with van der Waals surface area (Å²) >= 11 is 0. The van der Waals surface area contributed by atoms with Crippen molar-refractivity contribution in [2.24, 2.45) is 11.0 Å². The van der Waals surface area contributed by atoms with E-state index in [4.69, 9.17) is 0 Å². The van der Waals surface area contributed by atoms with Gasteiger partial charge in [0.15, 0.2) is 6.04 Å². The minimum Gasteiger partial charge on any atom is -0.384 e. The van der Waals surface area contributed by atoms with Gasteiger partial charge in [-0.15, -0.1) is 0 Å². The zero-order valence-corrected chi connectivity index (χ0v) is 14.9. The van der Waals surface area contributed by atoms with Gasteiger partial charge in [-0.25, -0.2) is 5.43 Å². The highest BCUT2D eigenvalue weighted by Gasteiger charge is 2.30. The van der Waals surface area contributed by atoms with Crippen LogP contribution >= 0.6 is 0 Å². The predicted octanol–water partition coefficient (Wildman–Crippen LogP) is 1.28. The van der Waals surface area contributed by atoms with Crippen molar-refractivity contribution in [3.05, 3.63) is 78.2 Å². The first-order valence-corrected chi connectivity index (χ1v) is 9.02. The summed E-state index contributed by atoms with van der Waals surface area (Å²) in [5.74, 6) is 0.108. The average Bonchev–Trinajstić information content (AvgIpc) is 3.11. The Morgan fingerprint density at radius 2 is 2.15 bits per heavy atom. The maximum absolute atomic E-state index is 12.4. The molecule has 3 atom stereocenters. The van der Waals surface area contributed by atoms with E-state index in [0.717, 1.165) is 16.5 Å². The summed E-state index contributed by atoms with van der Waals surface area (Å²) in [5, 5.41) is 8.48. The van der Waals surface area contributed by atoms with Crippen molar-refractivity contribution in [2.45, 2.75) is 18.5 Å². The van der Waals surface area contributed by atoms with Gasteiger partial charge in [0.25, 0.3) is 5.91 Å². The fourth-order valence-corrected chi connectivity index (χ4v) is 3.48. The van der Waals surface area contributed by atoms with Gasteiger partial charge in [0.2, 0.25) is 0 Å². The molecule has 2 aliphatic rings. The molecule has 5 N–H and O–H groups in total. The van der Waals surface area contributed by atoms with Gasteiger partial charge >= 0.3 is 0 Å². The molecule has 3 unspecified atom stereocenters. The van der Waals surface area contributed by atoms with Crippen LogP contribution in [0.1, 0.15) is 12.0 Å². The summed E-state index contributed by atoms with van der Waals surface area (Å²) in [5.41, 5.74) is 9.52. The molecule has 2 aromatic rings. The number of pyridine rings is 1. The summed E-state index contributed by atoms with van der Waals surface area (Å²) in [6.07, 6.45) is 14.4. The molecule has 0 spiro atoms. The molecule has 1 aromatic carbocycles. The standard InChI is InChI=1S/C21H21N5O/c22-18(11-16-12-24-19-9-2-1-8-17(16)19)21(27)26-25-13-15-6-3-5-14-7-4-10-23-20(14)15/h1-10,12-13,17-19,24H,11,22H2,(H,26,27)/p+1. The number of nitrogens with zero attached hydrogens (tertiary/aromatic N) is 2. The maximum atomic E-state index is 12.4. The van der Waals surface area contributed by atoms with Gasteiger partial charge in [-0.1, -0.05) is 48.6 Å². The minimum atomic E-state index is -0.404. The van der Waals surface area contributed by atoms with Gasteiger partial charge in [0, 0.05) is 29.5 Å². The number of carbonyl (C=O) groups excluding carboxylic acids is 1. The number of benzene rings is 1. The molecule has 0 bridgehead atoms. The lowest BCUT2D eigenvalue weighted by molar-refractivity contribution is -0.403. The zero-order valence-electron chi connectivity index (χ0n) is 14.9. The summed E-state index contributed by atoms with van der Waals surface area (Å²) in [4.78, 5) is 16.7. The number of nitrogens with one attached hydrogen (secondary N) is 2. The summed E-state index contributed by atoms with van der Waals surface area (Å²) in [6.45, 7) is 0. The number of hydrazone groups is 1. The Morgan fingerprint density at radius 3 is 3.07 bits per heavy atom. The van der Waals surface area contributed by atoms with Crippen LogP contribution < -0.4 is 16.5 Å². The Kier molecular flexibility index (Phi) is 4.80. The normalized spacial score (nSPS) is 21.7. The summed E-state index contributed by atoms with van der Waals surface area (Å²) in [6, 6.07) is 9.64. The molecule has 1 aliphatic heterocycles. The Labute approximate surface area is 157 Å². The predicted molar refractivity (Wildman–Crippen MR) is 106 cm³/mol. The highest BCUT2D eigenvalue weighted by molar-refractivity contribution is 5.97. The van der Waals surface area contributed by atoms with E-state index in [1.54, 1.807) is 12.4 Å². The van der Waals surface area contributed by atoms with Crippen LogP contribution in [0.5, 0.6) is 0 Å². The summed E-state index contributed by atoms with van der Waals surface area (Å²) < 4.78 is 0. The van der Waals surface area contributed by atoms with E-state index < -0.39 is 6.04 Å². The number of allylic oxidation sites excluding steroid dienone is 2. The van der Waals surface area contributed by atoms with Crippen LogP contribution in [0.3, 0.4) is 0 Å². The van der Waals surface area contributed by atoms with E-state index >= 15 is 0 Å². The van der Waals surface area contributed by atoms with Crippen LogP contribution in [-0.4, -0.2) is 29.2 Å². The zero-order chi connectivity index (χ0) is 18.6. The van der Waals surface area contributed by atoms with Crippen LogP contribution in [0.25, 0.3) is 10.9 Å². The number of hydrogen-bond acceptors (Lipinski definition) is 4. The molecule has 27 heavy (non-hydrogen) atoms. The first-order chi connectivity index (χ1) is 13.2. The van der Waals surface area contributed by atoms with E-state index in [1.807, 2.05) is 48.7 Å². The van der Waals surface area contributed by atoms with E-state index in [2.05, 4.69) is 38.7 Å². The summed E-state index contributed by atoms with van der Waals surface area (Å²) in [7, 11) is 0. The SMILES string of the molecule is [NH3+]C(CC1=CNC2C=CC=CC12)C(=O)NN=Cc1cccc2cccnc12. The number of carbonyl (C=O) groups is 1. The Hall–Kier alpha value is -3.25. The molecule has 4 rings (SSSR count). The molecule has 1 amide bonds. The van der Waals surface area contributed by atoms with Crippen molar-refractivity contribution in [1.82, 2.24) is 15.7 Å². The van der Waals surface area contributed by atoms with E-state index in [-0.39, 0.29) is 11.9 Å². The molecule has 0 saturated heterocycles. The number of fused-ring (bicyclic) bond motifs is 2. The lowest BCUT2D eigenvalue weighted by Gasteiger charge is -2.19. The van der Waals surface area contributed by atoms with Crippen molar-refractivity contribution in [1.29, 1.82) is 0 Å². The van der Waals surface area contributed by atoms with Crippen molar-refractivity contribution >= 4 is 23.0 Å². The lowest BCUT2D eigenvalue weighted by Crippen LogP contribution is -2.67. The minimum absolute atomic E-state index is 0.195. The fraction of sp³-hybridized carbons (Fsp3) is 0.190. The number of quaternary nitrogens is 1. The van der Waals surface area contributed by atoms with Crippen molar-refractivity contribution in [3.8, 4) is 0 Å². The van der Waals surface area contributed by atoms with Gasteiger partial charge in [0.05, 0.1) is 17.8 Å². The van der Waals surface area contributed by atoms with E-state index in [1.165, 1.54) is 5.57 Å². The maximum Gasteiger partial charge on any atom is 0.298 e. The molecule has 1 aromatic heterocycles. The van der Waals surface area contributed by atoms with Crippen molar-refractivity contribution < 1.29 is 10.5 Å². The Balaban J connectivity index is 1.37. The Morgan fingerprint density at radius 1 is 1.30 bits per heavy atom. The number of hydrogen-bond donors (Lipinski definition) is 3. The highest BCUT2D eigenvalue weighted by atomic mass is 16.2. The van der Waals surface area contributed by atoms with Gasteiger partial charge in [0.1, 0.15) is 0 Å². The van der Waals surface area contributed by atoms with Crippen LogP contribution in [0.4, 0.5) is 0 Å². The van der Waals surface area contributed by atoms with Crippen LogP contribution in [0.15, 0.2) is 77.7 Å². The molecule has 2 heterocycles. The fourth-order valence-electron chi connectivity index (χ4n) is 3.48. The smallest absolute Gasteiger partial charge is 0.298 e. The highest BCUT2D eigenvalue weighted by Crippen LogP contribution is 2.28. The molecular weight excluding hydrogens is 338 g/mol. The second-order valence-electron chi connectivity index (χ2n) is 6.76. The van der Waals surface area contributed by atoms with Crippen LogP contribution in [-0.2, 0) is 4.79 Å². The number of rotatable bonds is 5. The second-order valence-corrected chi connectivity index (χ2v) is 6.76. The van der Waals surface area contributed by atoms with E-state index in [9.17, 15) is 4.79 Å². The molecule has 0 radical (unpaired) electrons. The van der Waals surface area contributed by atoms with Crippen molar-refractivity contribution in [2.75, 3.05) is 0 Å². The first-order valence-electron chi connectivity index (χ1n) is 9.02. The van der Waals surface area contributed by atoms with Crippen LogP contribution in [0, 0.1) is 5.92 Å². The first kappa shape index (κ1) is 17.2. The molecule has 1 aliphatic carbocycles. The number of amides is 1. The largest absolute Gasteiger partial charge is 0.384 e. The van der Waals surface area contributed by atoms with Gasteiger partial charge in [-0.2, -0.15) is 5.10 Å². The molecular formula is C21H22N5O+. The van der Waals surface area contributed by atoms with E-state index in [0.29, 0.717) is 12.3 Å². The lowest BCUT2D eigenvalue weighted by atomic mass is 9.88. The third-order valence-corrected chi connectivity index (χ3v) is 4.92. The average molecular weight is 360 g/mol.